The number of thiophene rings is 1. The van der Waals surface area contributed by atoms with Gasteiger partial charge >= 0.3 is 5.97 Å². The van der Waals surface area contributed by atoms with Crippen LogP contribution in [0.4, 0.5) is 0 Å². The van der Waals surface area contributed by atoms with Crippen LogP contribution >= 0.6 is 11.3 Å². The molecule has 0 bridgehead atoms. The van der Waals surface area contributed by atoms with E-state index in [2.05, 4.69) is 4.98 Å². The molecule has 0 fully saturated rings. The maximum absolute atomic E-state index is 11.4. The molecule has 15 heavy (non-hydrogen) atoms. The highest BCUT2D eigenvalue weighted by Gasteiger charge is 2.14. The van der Waals surface area contributed by atoms with Crippen LogP contribution in [-0.4, -0.2) is 18.1 Å². The van der Waals surface area contributed by atoms with E-state index in [1.54, 1.807) is 12.4 Å². The number of ether oxygens (including phenoxy) is 1. The molecule has 2 rings (SSSR count). The molecular weight excluding hydrogens is 210 g/mol. The molecule has 0 amide bonds. The van der Waals surface area contributed by atoms with Gasteiger partial charge < -0.3 is 4.74 Å². The SMILES string of the molecule is COC(=O)c1sccc1-c1ccncc1. The van der Waals surface area contributed by atoms with Gasteiger partial charge in [0.05, 0.1) is 7.11 Å². The zero-order valence-corrected chi connectivity index (χ0v) is 8.95. The molecular formula is C11H9NO2S. The summed E-state index contributed by atoms with van der Waals surface area (Å²) in [5.41, 5.74) is 1.88. The Kier molecular flexibility index (Phi) is 2.78. The van der Waals surface area contributed by atoms with E-state index in [9.17, 15) is 4.79 Å². The highest BCUT2D eigenvalue weighted by atomic mass is 32.1. The van der Waals surface area contributed by atoms with Gasteiger partial charge in [0.15, 0.2) is 0 Å². The summed E-state index contributed by atoms with van der Waals surface area (Å²) in [5, 5.41) is 1.88. The Hall–Kier alpha value is -1.68. The summed E-state index contributed by atoms with van der Waals surface area (Å²) in [4.78, 5) is 16.0. The summed E-state index contributed by atoms with van der Waals surface area (Å²) >= 11 is 1.38. The summed E-state index contributed by atoms with van der Waals surface area (Å²) in [5.74, 6) is -0.295. The van der Waals surface area contributed by atoms with Crippen molar-refractivity contribution >= 4 is 17.3 Å². The van der Waals surface area contributed by atoms with Crippen LogP contribution in [0.2, 0.25) is 0 Å². The van der Waals surface area contributed by atoms with E-state index >= 15 is 0 Å². The quantitative estimate of drug-likeness (QED) is 0.729. The van der Waals surface area contributed by atoms with E-state index in [0.717, 1.165) is 11.1 Å². The molecule has 3 nitrogen and oxygen atoms in total. The Bertz CT molecular complexity index is 464. The van der Waals surface area contributed by atoms with Crippen molar-refractivity contribution in [1.29, 1.82) is 0 Å². The third kappa shape index (κ3) is 1.89. The summed E-state index contributed by atoms with van der Waals surface area (Å²) in [7, 11) is 1.39. The van der Waals surface area contributed by atoms with Gasteiger partial charge in [-0.15, -0.1) is 11.3 Å². The van der Waals surface area contributed by atoms with E-state index in [4.69, 9.17) is 4.74 Å². The van der Waals surface area contributed by atoms with Gasteiger partial charge in [-0.1, -0.05) is 0 Å². The van der Waals surface area contributed by atoms with E-state index < -0.39 is 0 Å². The highest BCUT2D eigenvalue weighted by Crippen LogP contribution is 2.28. The van der Waals surface area contributed by atoms with Gasteiger partial charge in [0, 0.05) is 18.0 Å². The lowest BCUT2D eigenvalue weighted by Crippen LogP contribution is -1.99. The Morgan fingerprint density at radius 1 is 1.33 bits per heavy atom. The highest BCUT2D eigenvalue weighted by molar-refractivity contribution is 7.12. The van der Waals surface area contributed by atoms with Crippen LogP contribution in [0.15, 0.2) is 36.0 Å². The average molecular weight is 219 g/mol. The van der Waals surface area contributed by atoms with Crippen LogP contribution in [-0.2, 0) is 4.74 Å². The summed E-state index contributed by atoms with van der Waals surface area (Å²) in [6, 6.07) is 5.65. The standard InChI is InChI=1S/C11H9NO2S/c1-14-11(13)10-9(4-7-15-10)8-2-5-12-6-3-8/h2-7H,1H3. The van der Waals surface area contributed by atoms with Crippen molar-refractivity contribution in [3.05, 3.63) is 40.8 Å². The number of hydrogen-bond donors (Lipinski definition) is 0. The van der Waals surface area contributed by atoms with Gasteiger partial charge in [0.25, 0.3) is 0 Å². The molecule has 0 atom stereocenters. The smallest absolute Gasteiger partial charge is 0.348 e. The molecule has 4 heteroatoms. The fourth-order valence-electron chi connectivity index (χ4n) is 1.32. The maximum atomic E-state index is 11.4. The number of aromatic nitrogens is 1. The lowest BCUT2D eigenvalue weighted by atomic mass is 10.1. The van der Waals surface area contributed by atoms with E-state index in [1.165, 1.54) is 18.4 Å². The Balaban J connectivity index is 2.46. The molecule has 0 saturated carbocycles. The van der Waals surface area contributed by atoms with Crippen LogP contribution in [0.3, 0.4) is 0 Å². The van der Waals surface area contributed by atoms with Crippen molar-refractivity contribution in [3.63, 3.8) is 0 Å². The topological polar surface area (TPSA) is 39.2 Å². The van der Waals surface area contributed by atoms with Crippen molar-refractivity contribution in [2.45, 2.75) is 0 Å². The first-order valence-corrected chi connectivity index (χ1v) is 5.27. The number of methoxy groups -OCH3 is 1. The summed E-state index contributed by atoms with van der Waals surface area (Å²) < 4.78 is 4.71. The van der Waals surface area contributed by atoms with E-state index in [1.807, 2.05) is 23.6 Å². The van der Waals surface area contributed by atoms with Gasteiger partial charge in [-0.3, -0.25) is 4.98 Å². The van der Waals surface area contributed by atoms with Crippen LogP contribution in [0, 0.1) is 0 Å². The van der Waals surface area contributed by atoms with Gasteiger partial charge in [0.1, 0.15) is 4.88 Å². The number of rotatable bonds is 2. The molecule has 0 aromatic carbocycles. The van der Waals surface area contributed by atoms with Crippen molar-refractivity contribution in [3.8, 4) is 11.1 Å². The number of esters is 1. The normalized spacial score (nSPS) is 9.93. The Morgan fingerprint density at radius 2 is 2.07 bits per heavy atom. The monoisotopic (exact) mass is 219 g/mol. The van der Waals surface area contributed by atoms with Crippen molar-refractivity contribution in [2.75, 3.05) is 7.11 Å². The first-order valence-electron chi connectivity index (χ1n) is 4.39. The van der Waals surface area contributed by atoms with E-state index in [0.29, 0.717) is 4.88 Å². The number of pyridine rings is 1. The Labute approximate surface area is 91.4 Å². The second kappa shape index (κ2) is 4.23. The predicted molar refractivity (Wildman–Crippen MR) is 58.9 cm³/mol. The molecule has 0 aliphatic heterocycles. The average Bonchev–Trinajstić information content (AvgIpc) is 2.78. The van der Waals surface area contributed by atoms with Crippen molar-refractivity contribution < 1.29 is 9.53 Å². The van der Waals surface area contributed by atoms with Crippen LogP contribution in [0.5, 0.6) is 0 Å². The molecule has 2 aromatic heterocycles. The lowest BCUT2D eigenvalue weighted by molar-refractivity contribution is 0.0607. The van der Waals surface area contributed by atoms with E-state index in [-0.39, 0.29) is 5.97 Å². The maximum Gasteiger partial charge on any atom is 0.348 e. The molecule has 2 heterocycles. The second-order valence-electron chi connectivity index (χ2n) is 2.89. The predicted octanol–water partition coefficient (Wildman–Crippen LogP) is 2.60. The molecule has 76 valence electrons. The van der Waals surface area contributed by atoms with Gasteiger partial charge in [0.2, 0.25) is 0 Å². The zero-order chi connectivity index (χ0) is 10.7. The number of carbonyl (C=O) groups is 1. The Morgan fingerprint density at radius 3 is 2.73 bits per heavy atom. The molecule has 0 unspecified atom stereocenters. The van der Waals surface area contributed by atoms with Crippen LogP contribution in [0.25, 0.3) is 11.1 Å². The van der Waals surface area contributed by atoms with Gasteiger partial charge in [-0.05, 0) is 29.1 Å². The molecule has 0 aliphatic carbocycles. The molecule has 0 spiro atoms. The first kappa shape index (κ1) is 9.86. The number of carbonyl (C=O) groups excluding carboxylic acids is 1. The zero-order valence-electron chi connectivity index (χ0n) is 8.14. The minimum atomic E-state index is -0.295. The first-order chi connectivity index (χ1) is 7.33. The molecule has 0 aliphatic rings. The fraction of sp³-hybridized carbons (Fsp3) is 0.0909. The molecule has 2 aromatic rings. The fourth-order valence-corrected chi connectivity index (χ4v) is 2.15. The third-order valence-corrected chi connectivity index (χ3v) is 2.92. The lowest BCUT2D eigenvalue weighted by Gasteiger charge is -2.01. The number of hydrogen-bond acceptors (Lipinski definition) is 4. The molecule has 0 radical (unpaired) electrons. The summed E-state index contributed by atoms with van der Waals surface area (Å²) in [6.45, 7) is 0. The second-order valence-corrected chi connectivity index (χ2v) is 3.81. The molecule has 0 N–H and O–H groups in total. The summed E-state index contributed by atoms with van der Waals surface area (Å²) in [6.07, 6.45) is 3.40. The largest absolute Gasteiger partial charge is 0.465 e. The van der Waals surface area contributed by atoms with Crippen LogP contribution in [0.1, 0.15) is 9.67 Å². The van der Waals surface area contributed by atoms with Gasteiger partial charge in [-0.2, -0.15) is 0 Å². The molecule has 0 saturated heterocycles. The van der Waals surface area contributed by atoms with Crippen molar-refractivity contribution in [2.24, 2.45) is 0 Å². The van der Waals surface area contributed by atoms with Crippen molar-refractivity contribution in [1.82, 2.24) is 4.98 Å². The third-order valence-electron chi connectivity index (χ3n) is 2.03. The van der Waals surface area contributed by atoms with Gasteiger partial charge in [-0.25, -0.2) is 4.79 Å². The number of nitrogens with zero attached hydrogens (tertiary/aromatic N) is 1. The minimum absolute atomic E-state index is 0.295. The van der Waals surface area contributed by atoms with Crippen LogP contribution < -0.4 is 0 Å². The minimum Gasteiger partial charge on any atom is -0.465 e.